The molecule has 1 atom stereocenters. The minimum absolute atomic E-state index is 0.238. The molecule has 1 N–H and O–H groups in total. The zero-order chi connectivity index (χ0) is 15.3. The highest BCUT2D eigenvalue weighted by Gasteiger charge is 2.31. The summed E-state index contributed by atoms with van der Waals surface area (Å²) < 4.78 is 0. The molecular weight excluding hydrogens is 262 g/mol. The van der Waals surface area contributed by atoms with Gasteiger partial charge in [-0.2, -0.15) is 5.26 Å². The molecule has 2 rings (SSSR count). The minimum atomic E-state index is -0.967. The van der Waals surface area contributed by atoms with Crippen molar-refractivity contribution < 1.29 is 4.79 Å². The largest absolute Gasteiger partial charge is 0.372 e. The molecule has 1 aromatic rings. The summed E-state index contributed by atoms with van der Waals surface area (Å²) in [5.74, 6) is -0.238. The molecule has 1 aliphatic heterocycles. The van der Waals surface area contributed by atoms with E-state index in [9.17, 15) is 4.79 Å². The number of hydrogen-bond acceptors (Lipinski definition) is 3. The molecule has 1 aromatic carbocycles. The molecule has 0 bridgehead atoms. The predicted molar refractivity (Wildman–Crippen MR) is 85.1 cm³/mol. The number of carbonyl (C=O) groups is 1. The van der Waals surface area contributed by atoms with Crippen molar-refractivity contribution in [1.82, 2.24) is 0 Å². The van der Waals surface area contributed by atoms with Gasteiger partial charge in [-0.1, -0.05) is 6.92 Å². The number of amides is 1. The number of nitrogens with zero attached hydrogens (tertiary/aromatic N) is 2. The van der Waals surface area contributed by atoms with Crippen LogP contribution in [0.1, 0.15) is 39.5 Å². The number of rotatable bonds is 4. The van der Waals surface area contributed by atoms with Crippen molar-refractivity contribution in [1.29, 1.82) is 5.26 Å². The molecule has 0 aliphatic carbocycles. The lowest BCUT2D eigenvalue weighted by atomic mass is 9.88. The molecule has 4 nitrogen and oxygen atoms in total. The second kappa shape index (κ2) is 6.62. The van der Waals surface area contributed by atoms with E-state index < -0.39 is 5.41 Å². The van der Waals surface area contributed by atoms with Crippen LogP contribution in [-0.4, -0.2) is 19.0 Å². The summed E-state index contributed by atoms with van der Waals surface area (Å²) in [6.45, 7) is 5.73. The summed E-state index contributed by atoms with van der Waals surface area (Å²) in [5, 5.41) is 12.0. The standard InChI is InChI=1S/C17H23N3O/c1-3-17(2,13-18)16(21)19-14-7-9-15(10-8-14)20-11-5-4-6-12-20/h7-10H,3-6,11-12H2,1-2H3,(H,19,21). The van der Waals surface area contributed by atoms with E-state index in [1.54, 1.807) is 6.92 Å². The van der Waals surface area contributed by atoms with Crippen LogP contribution >= 0.6 is 0 Å². The Morgan fingerprint density at radius 2 is 1.90 bits per heavy atom. The molecule has 1 amide bonds. The molecule has 1 unspecified atom stereocenters. The summed E-state index contributed by atoms with van der Waals surface area (Å²) in [7, 11) is 0. The van der Waals surface area contributed by atoms with Crippen LogP contribution in [0.15, 0.2) is 24.3 Å². The lowest BCUT2D eigenvalue weighted by molar-refractivity contribution is -0.122. The van der Waals surface area contributed by atoms with Crippen LogP contribution in [-0.2, 0) is 4.79 Å². The lowest BCUT2D eigenvalue weighted by Crippen LogP contribution is -2.31. The van der Waals surface area contributed by atoms with Gasteiger partial charge in [0.2, 0.25) is 5.91 Å². The van der Waals surface area contributed by atoms with E-state index in [0.717, 1.165) is 18.8 Å². The molecule has 0 spiro atoms. The number of carbonyl (C=O) groups excluding carboxylic acids is 1. The topological polar surface area (TPSA) is 56.1 Å². The molecule has 0 aromatic heterocycles. The van der Waals surface area contributed by atoms with E-state index in [1.165, 1.54) is 24.9 Å². The summed E-state index contributed by atoms with van der Waals surface area (Å²) in [4.78, 5) is 14.5. The monoisotopic (exact) mass is 285 g/mol. The first-order chi connectivity index (χ1) is 10.1. The normalized spacial score (nSPS) is 17.7. The maximum absolute atomic E-state index is 12.1. The molecule has 0 saturated carbocycles. The number of anilines is 2. The lowest BCUT2D eigenvalue weighted by Gasteiger charge is -2.29. The smallest absolute Gasteiger partial charge is 0.244 e. The van der Waals surface area contributed by atoms with Gasteiger partial charge < -0.3 is 10.2 Å². The van der Waals surface area contributed by atoms with Crippen molar-refractivity contribution in [2.75, 3.05) is 23.3 Å². The van der Waals surface area contributed by atoms with Crippen LogP contribution in [0.3, 0.4) is 0 Å². The molecule has 1 aliphatic rings. The maximum atomic E-state index is 12.1. The third-order valence-electron chi connectivity index (χ3n) is 4.30. The molecule has 21 heavy (non-hydrogen) atoms. The van der Waals surface area contributed by atoms with Crippen LogP contribution in [0.2, 0.25) is 0 Å². The highest BCUT2D eigenvalue weighted by molar-refractivity contribution is 5.97. The van der Waals surface area contributed by atoms with E-state index in [0.29, 0.717) is 6.42 Å². The van der Waals surface area contributed by atoms with Gasteiger partial charge in [0.15, 0.2) is 0 Å². The van der Waals surface area contributed by atoms with Crippen LogP contribution in [0.4, 0.5) is 11.4 Å². The Labute approximate surface area is 126 Å². The van der Waals surface area contributed by atoms with Gasteiger partial charge in [-0.05, 0) is 56.9 Å². The molecular formula is C17H23N3O. The fraction of sp³-hybridized carbons (Fsp3) is 0.529. The number of piperidine rings is 1. The van der Waals surface area contributed by atoms with Crippen molar-refractivity contribution >= 4 is 17.3 Å². The van der Waals surface area contributed by atoms with Crippen molar-refractivity contribution in [3.8, 4) is 6.07 Å². The van der Waals surface area contributed by atoms with Gasteiger partial charge in [-0.25, -0.2) is 0 Å². The minimum Gasteiger partial charge on any atom is -0.372 e. The van der Waals surface area contributed by atoms with E-state index in [2.05, 4.69) is 16.3 Å². The van der Waals surface area contributed by atoms with E-state index >= 15 is 0 Å². The van der Waals surface area contributed by atoms with Gasteiger partial charge >= 0.3 is 0 Å². The number of benzene rings is 1. The Morgan fingerprint density at radius 3 is 2.43 bits per heavy atom. The van der Waals surface area contributed by atoms with E-state index in [-0.39, 0.29) is 5.91 Å². The first kappa shape index (κ1) is 15.4. The Morgan fingerprint density at radius 1 is 1.29 bits per heavy atom. The number of nitriles is 1. The molecule has 1 fully saturated rings. The summed E-state index contributed by atoms with van der Waals surface area (Å²) in [5.41, 5.74) is 0.979. The summed E-state index contributed by atoms with van der Waals surface area (Å²) in [6.07, 6.45) is 4.31. The molecule has 1 heterocycles. The Balaban J connectivity index is 2.02. The van der Waals surface area contributed by atoms with Crippen LogP contribution in [0.5, 0.6) is 0 Å². The van der Waals surface area contributed by atoms with Gasteiger partial charge in [-0.3, -0.25) is 4.79 Å². The Hall–Kier alpha value is -2.02. The van der Waals surface area contributed by atoms with Crippen molar-refractivity contribution in [3.63, 3.8) is 0 Å². The SMILES string of the molecule is CCC(C)(C#N)C(=O)Nc1ccc(N2CCCCC2)cc1. The van der Waals surface area contributed by atoms with E-state index in [1.807, 2.05) is 31.2 Å². The first-order valence-corrected chi connectivity index (χ1v) is 7.67. The molecule has 0 radical (unpaired) electrons. The van der Waals surface area contributed by atoms with Crippen LogP contribution in [0, 0.1) is 16.7 Å². The Bertz CT molecular complexity index is 526. The second-order valence-corrected chi connectivity index (χ2v) is 5.85. The van der Waals surface area contributed by atoms with Crippen LogP contribution in [0.25, 0.3) is 0 Å². The third-order valence-corrected chi connectivity index (χ3v) is 4.30. The highest BCUT2D eigenvalue weighted by atomic mass is 16.2. The van der Waals surface area contributed by atoms with Gasteiger partial charge in [-0.15, -0.1) is 0 Å². The van der Waals surface area contributed by atoms with Gasteiger partial charge in [0.1, 0.15) is 5.41 Å². The third kappa shape index (κ3) is 3.55. The fourth-order valence-electron chi connectivity index (χ4n) is 2.47. The number of nitrogens with one attached hydrogen (secondary N) is 1. The molecule has 4 heteroatoms. The van der Waals surface area contributed by atoms with Crippen LogP contribution < -0.4 is 10.2 Å². The number of hydrogen-bond donors (Lipinski definition) is 1. The highest BCUT2D eigenvalue weighted by Crippen LogP contribution is 2.25. The van der Waals surface area contributed by atoms with Gasteiger partial charge in [0, 0.05) is 24.5 Å². The van der Waals surface area contributed by atoms with Gasteiger partial charge in [0.25, 0.3) is 0 Å². The molecule has 1 saturated heterocycles. The quantitative estimate of drug-likeness (QED) is 0.920. The Kier molecular flexibility index (Phi) is 4.85. The first-order valence-electron chi connectivity index (χ1n) is 7.67. The second-order valence-electron chi connectivity index (χ2n) is 5.85. The molecule has 112 valence electrons. The average molecular weight is 285 g/mol. The average Bonchev–Trinajstić information content (AvgIpc) is 2.55. The zero-order valence-electron chi connectivity index (χ0n) is 12.9. The van der Waals surface area contributed by atoms with Crippen molar-refractivity contribution in [2.24, 2.45) is 5.41 Å². The maximum Gasteiger partial charge on any atom is 0.244 e. The fourth-order valence-corrected chi connectivity index (χ4v) is 2.47. The van der Waals surface area contributed by atoms with E-state index in [4.69, 9.17) is 5.26 Å². The van der Waals surface area contributed by atoms with Crippen molar-refractivity contribution in [3.05, 3.63) is 24.3 Å². The zero-order valence-corrected chi connectivity index (χ0v) is 12.9. The van der Waals surface area contributed by atoms with Gasteiger partial charge in [0.05, 0.1) is 6.07 Å². The summed E-state index contributed by atoms with van der Waals surface area (Å²) >= 11 is 0. The van der Waals surface area contributed by atoms with Crippen molar-refractivity contribution in [2.45, 2.75) is 39.5 Å². The predicted octanol–water partition coefficient (Wildman–Crippen LogP) is 3.56. The summed E-state index contributed by atoms with van der Waals surface area (Å²) in [6, 6.07) is 9.99.